The molecule has 0 saturated heterocycles. The van der Waals surface area contributed by atoms with Crippen LogP contribution < -0.4 is 5.32 Å². The average molecular weight is 301 g/mol. The molecule has 0 aliphatic carbocycles. The molecule has 0 bridgehead atoms. The van der Waals surface area contributed by atoms with Gasteiger partial charge in [0.25, 0.3) is 0 Å². The minimum absolute atomic E-state index is 0.0281. The van der Waals surface area contributed by atoms with E-state index < -0.39 is 17.7 Å². The van der Waals surface area contributed by atoms with E-state index >= 15 is 0 Å². The van der Waals surface area contributed by atoms with Crippen molar-refractivity contribution in [1.82, 2.24) is 10.3 Å². The second kappa shape index (κ2) is 6.56. The topological polar surface area (TPSA) is 77.5 Å². The van der Waals surface area contributed by atoms with E-state index in [1.54, 1.807) is 26.8 Å². The van der Waals surface area contributed by atoms with Crippen LogP contribution in [0, 0.1) is 0 Å². The quantitative estimate of drug-likeness (QED) is 0.685. The first-order valence-electron chi connectivity index (χ1n) is 5.93. The fraction of sp³-hybridized carbons (Fsp3) is 0.462. The molecule has 6 nitrogen and oxygen atoms in total. The summed E-state index contributed by atoms with van der Waals surface area (Å²) in [7, 11) is 1.26. The maximum Gasteiger partial charge on any atom is 0.407 e. The first kappa shape index (κ1) is 16.2. The summed E-state index contributed by atoms with van der Waals surface area (Å²) in [6.45, 7) is 5.46. The summed E-state index contributed by atoms with van der Waals surface area (Å²) < 4.78 is 9.64. The predicted octanol–water partition coefficient (Wildman–Crippen LogP) is 2.55. The number of alkyl carbamates (subject to hydrolysis) is 1. The number of carbonyl (C=O) groups excluding carboxylic acids is 2. The van der Waals surface area contributed by atoms with Gasteiger partial charge in [-0.05, 0) is 32.9 Å². The molecule has 1 N–H and O–H groups in total. The van der Waals surface area contributed by atoms with Crippen molar-refractivity contribution >= 4 is 23.7 Å². The first-order chi connectivity index (χ1) is 9.23. The summed E-state index contributed by atoms with van der Waals surface area (Å²) in [6.07, 6.45) is -0.549. The molecular formula is C13H17ClN2O4. The molecule has 1 rings (SSSR count). The highest BCUT2D eigenvalue weighted by Gasteiger charge is 2.16. The Morgan fingerprint density at radius 2 is 2.00 bits per heavy atom. The van der Waals surface area contributed by atoms with Crippen LogP contribution in [0.5, 0.6) is 0 Å². The Morgan fingerprint density at radius 1 is 1.35 bits per heavy atom. The number of halogens is 1. The lowest BCUT2D eigenvalue weighted by atomic mass is 10.2. The van der Waals surface area contributed by atoms with E-state index in [1.165, 1.54) is 13.2 Å². The van der Waals surface area contributed by atoms with E-state index in [9.17, 15) is 9.59 Å². The highest BCUT2D eigenvalue weighted by molar-refractivity contribution is 6.32. The Morgan fingerprint density at radius 3 is 2.50 bits per heavy atom. The van der Waals surface area contributed by atoms with Crippen LogP contribution in [-0.2, 0) is 16.0 Å². The standard InChI is InChI=1S/C13H17ClN2O4/c1-13(2,3)20-12(18)15-7-8-5-6-9(10(14)16-8)11(17)19-4/h5-6H,7H2,1-4H3,(H,15,18). The molecule has 0 unspecified atom stereocenters. The van der Waals surface area contributed by atoms with Crippen molar-refractivity contribution in [3.05, 3.63) is 28.5 Å². The summed E-state index contributed by atoms with van der Waals surface area (Å²) in [5.74, 6) is -0.561. The monoisotopic (exact) mass is 300 g/mol. The summed E-state index contributed by atoms with van der Waals surface area (Å²) >= 11 is 5.87. The van der Waals surface area contributed by atoms with E-state index in [0.717, 1.165) is 0 Å². The zero-order valence-electron chi connectivity index (χ0n) is 11.8. The highest BCUT2D eigenvalue weighted by atomic mass is 35.5. The smallest absolute Gasteiger partial charge is 0.407 e. The maximum absolute atomic E-state index is 11.5. The Kier molecular flexibility index (Phi) is 5.33. The number of amides is 1. The number of nitrogens with one attached hydrogen (secondary N) is 1. The Hall–Kier alpha value is -1.82. The van der Waals surface area contributed by atoms with Crippen LogP contribution in [0.3, 0.4) is 0 Å². The van der Waals surface area contributed by atoms with Crippen LogP contribution in [0.4, 0.5) is 4.79 Å². The number of methoxy groups -OCH3 is 1. The summed E-state index contributed by atoms with van der Waals surface area (Å²) in [6, 6.07) is 3.07. The van der Waals surface area contributed by atoms with E-state index in [-0.39, 0.29) is 17.3 Å². The largest absolute Gasteiger partial charge is 0.465 e. The van der Waals surface area contributed by atoms with Gasteiger partial charge in [0.15, 0.2) is 0 Å². The van der Waals surface area contributed by atoms with E-state index in [1.807, 2.05) is 0 Å². The molecule has 0 fully saturated rings. The van der Waals surface area contributed by atoms with Crippen LogP contribution >= 0.6 is 11.6 Å². The molecule has 0 saturated carbocycles. The van der Waals surface area contributed by atoms with Gasteiger partial charge in [-0.2, -0.15) is 0 Å². The van der Waals surface area contributed by atoms with Gasteiger partial charge in [0.05, 0.1) is 24.9 Å². The molecule has 0 spiro atoms. The average Bonchev–Trinajstić information content (AvgIpc) is 2.33. The third-order valence-corrected chi connectivity index (χ3v) is 2.41. The SMILES string of the molecule is COC(=O)c1ccc(CNC(=O)OC(C)(C)C)nc1Cl. The molecule has 0 radical (unpaired) electrons. The molecule has 110 valence electrons. The summed E-state index contributed by atoms with van der Waals surface area (Å²) in [5.41, 5.74) is 0.118. The summed E-state index contributed by atoms with van der Waals surface area (Å²) in [4.78, 5) is 26.8. The normalized spacial score (nSPS) is 10.8. The number of carbonyl (C=O) groups is 2. The van der Waals surface area contributed by atoms with Crippen molar-refractivity contribution in [2.45, 2.75) is 32.9 Å². The van der Waals surface area contributed by atoms with E-state index in [0.29, 0.717) is 5.69 Å². The zero-order valence-corrected chi connectivity index (χ0v) is 12.6. The number of hydrogen-bond donors (Lipinski definition) is 1. The number of ether oxygens (including phenoxy) is 2. The van der Waals surface area contributed by atoms with Crippen molar-refractivity contribution < 1.29 is 19.1 Å². The van der Waals surface area contributed by atoms with Gasteiger partial charge in [-0.25, -0.2) is 14.6 Å². The molecule has 1 heterocycles. The lowest BCUT2D eigenvalue weighted by Crippen LogP contribution is -2.32. The van der Waals surface area contributed by atoms with Crippen LogP contribution in [0.15, 0.2) is 12.1 Å². The van der Waals surface area contributed by atoms with Crippen LogP contribution in [0.25, 0.3) is 0 Å². The van der Waals surface area contributed by atoms with Gasteiger partial charge < -0.3 is 14.8 Å². The molecule has 7 heteroatoms. The molecule has 20 heavy (non-hydrogen) atoms. The highest BCUT2D eigenvalue weighted by Crippen LogP contribution is 2.15. The second-order valence-corrected chi connectivity index (χ2v) is 5.35. The van der Waals surface area contributed by atoms with Gasteiger partial charge in [0.2, 0.25) is 0 Å². The van der Waals surface area contributed by atoms with Crippen molar-refractivity contribution in [2.75, 3.05) is 7.11 Å². The molecule has 1 amide bonds. The van der Waals surface area contributed by atoms with Crippen molar-refractivity contribution in [2.24, 2.45) is 0 Å². The van der Waals surface area contributed by atoms with Gasteiger partial charge >= 0.3 is 12.1 Å². The molecule has 0 aliphatic rings. The third kappa shape index (κ3) is 5.05. The minimum Gasteiger partial charge on any atom is -0.465 e. The van der Waals surface area contributed by atoms with Crippen molar-refractivity contribution in [3.8, 4) is 0 Å². The molecule has 0 aromatic carbocycles. The zero-order chi connectivity index (χ0) is 15.3. The molecule has 0 atom stereocenters. The lowest BCUT2D eigenvalue weighted by Gasteiger charge is -2.19. The van der Waals surface area contributed by atoms with Gasteiger partial charge in [0.1, 0.15) is 10.8 Å². The number of hydrogen-bond acceptors (Lipinski definition) is 5. The van der Waals surface area contributed by atoms with Gasteiger partial charge in [0, 0.05) is 0 Å². The minimum atomic E-state index is -0.566. The van der Waals surface area contributed by atoms with E-state index in [4.69, 9.17) is 16.3 Å². The number of nitrogens with zero attached hydrogens (tertiary/aromatic N) is 1. The Labute approximate surface area is 122 Å². The maximum atomic E-state index is 11.5. The molecule has 1 aromatic heterocycles. The first-order valence-corrected chi connectivity index (χ1v) is 6.31. The number of aromatic nitrogens is 1. The number of pyridine rings is 1. The third-order valence-electron chi connectivity index (χ3n) is 2.12. The number of rotatable bonds is 3. The predicted molar refractivity (Wildman–Crippen MR) is 73.7 cm³/mol. The number of esters is 1. The van der Waals surface area contributed by atoms with Crippen LogP contribution in [-0.4, -0.2) is 29.8 Å². The Balaban J connectivity index is 2.64. The van der Waals surface area contributed by atoms with Crippen LogP contribution in [0.1, 0.15) is 36.8 Å². The molecular weight excluding hydrogens is 284 g/mol. The Bertz CT molecular complexity index is 512. The summed E-state index contributed by atoms with van der Waals surface area (Å²) in [5, 5.41) is 2.58. The fourth-order valence-corrected chi connectivity index (χ4v) is 1.56. The molecule has 1 aromatic rings. The van der Waals surface area contributed by atoms with Crippen molar-refractivity contribution in [1.29, 1.82) is 0 Å². The van der Waals surface area contributed by atoms with Gasteiger partial charge in [-0.3, -0.25) is 0 Å². The lowest BCUT2D eigenvalue weighted by molar-refractivity contribution is 0.0521. The van der Waals surface area contributed by atoms with Crippen molar-refractivity contribution in [3.63, 3.8) is 0 Å². The second-order valence-electron chi connectivity index (χ2n) is 4.99. The van der Waals surface area contributed by atoms with E-state index in [2.05, 4.69) is 15.0 Å². The van der Waals surface area contributed by atoms with Crippen LogP contribution in [0.2, 0.25) is 5.15 Å². The molecule has 0 aliphatic heterocycles. The fourth-order valence-electron chi connectivity index (χ4n) is 1.31. The van der Waals surface area contributed by atoms with Gasteiger partial charge in [-0.1, -0.05) is 11.6 Å². The van der Waals surface area contributed by atoms with Gasteiger partial charge in [-0.15, -0.1) is 0 Å².